The van der Waals surface area contributed by atoms with Gasteiger partial charge in [-0.3, -0.25) is 0 Å². The number of rotatable bonds is 5. The summed E-state index contributed by atoms with van der Waals surface area (Å²) in [7, 11) is -0.932. The number of benzene rings is 3. The van der Waals surface area contributed by atoms with E-state index >= 15 is 0 Å². The Labute approximate surface area is 174 Å². The van der Waals surface area contributed by atoms with Gasteiger partial charge in [0.25, 0.3) is 0 Å². The van der Waals surface area contributed by atoms with Crippen molar-refractivity contribution in [3.63, 3.8) is 0 Å². The zero-order valence-electron chi connectivity index (χ0n) is 16.6. The van der Waals surface area contributed by atoms with Crippen molar-refractivity contribution in [2.45, 2.75) is 44.4 Å². The zero-order valence-corrected chi connectivity index (χ0v) is 17.5. The van der Waals surface area contributed by atoms with Crippen molar-refractivity contribution in [3.8, 4) is 0 Å². The van der Waals surface area contributed by atoms with Crippen LogP contribution in [0.3, 0.4) is 0 Å². The van der Waals surface area contributed by atoms with Gasteiger partial charge in [0.05, 0.1) is 18.7 Å². The highest BCUT2D eigenvalue weighted by atomic mass is 31.2. The molecular weight excluding hydrogens is 375 g/mol. The first kappa shape index (κ1) is 18.7. The van der Waals surface area contributed by atoms with Crippen molar-refractivity contribution >= 4 is 19.8 Å². The summed E-state index contributed by atoms with van der Waals surface area (Å²) >= 11 is 0. The van der Waals surface area contributed by atoms with E-state index in [-0.39, 0.29) is 0 Å². The third-order valence-electron chi connectivity index (χ3n) is 5.92. The van der Waals surface area contributed by atoms with Crippen LogP contribution < -0.4 is 9.34 Å². The molecule has 0 radical (unpaired) electrons. The Kier molecular flexibility index (Phi) is 5.51. The van der Waals surface area contributed by atoms with E-state index in [2.05, 4.69) is 100 Å². The van der Waals surface area contributed by atoms with Gasteiger partial charge >= 0.3 is 0 Å². The molecule has 2 atom stereocenters. The lowest BCUT2D eigenvalue weighted by atomic mass is 9.90. The second kappa shape index (κ2) is 8.57. The Bertz CT molecular complexity index is 850. The van der Waals surface area contributed by atoms with Gasteiger partial charge in [0.1, 0.15) is 0 Å². The average molecular weight is 402 g/mol. The minimum Gasteiger partial charge on any atom is -0.318 e. The Hall–Kier alpha value is -2.35. The van der Waals surface area contributed by atoms with E-state index in [0.717, 1.165) is 0 Å². The molecule has 2 fully saturated rings. The smallest absolute Gasteiger partial charge is 0.249 e. The standard InChI is InChI=1S/C25H27N2OP/c1-4-12-21(13-5-1)20-28-29-26(22-14-6-2-7-15-22)24-18-10-11-19-25(24)27(29)23-16-8-3-9-17-23/h1-9,12-17,24-25H,10-11,18-20H2/t24-,25-/m1/s1. The summed E-state index contributed by atoms with van der Waals surface area (Å²) in [5.74, 6) is 0. The molecule has 1 aliphatic carbocycles. The van der Waals surface area contributed by atoms with Crippen molar-refractivity contribution in [1.82, 2.24) is 0 Å². The Morgan fingerprint density at radius 3 is 1.59 bits per heavy atom. The van der Waals surface area contributed by atoms with E-state index in [1.165, 1.54) is 42.6 Å². The minimum atomic E-state index is -0.932. The van der Waals surface area contributed by atoms with Gasteiger partial charge in [-0.2, -0.15) is 0 Å². The normalized spacial score (nSPS) is 21.9. The number of hydrogen-bond donors (Lipinski definition) is 0. The summed E-state index contributed by atoms with van der Waals surface area (Å²) in [6.07, 6.45) is 5.07. The van der Waals surface area contributed by atoms with Crippen LogP contribution in [0, 0.1) is 0 Å². The summed E-state index contributed by atoms with van der Waals surface area (Å²) in [6.45, 7) is 0.638. The third-order valence-corrected chi connectivity index (χ3v) is 8.07. The molecule has 29 heavy (non-hydrogen) atoms. The predicted molar refractivity (Wildman–Crippen MR) is 122 cm³/mol. The van der Waals surface area contributed by atoms with Crippen LogP contribution in [0.25, 0.3) is 0 Å². The van der Waals surface area contributed by atoms with Crippen LogP contribution in [0.1, 0.15) is 31.2 Å². The summed E-state index contributed by atoms with van der Waals surface area (Å²) in [6, 6.07) is 33.3. The monoisotopic (exact) mass is 402 g/mol. The molecule has 1 saturated heterocycles. The lowest BCUT2D eigenvalue weighted by Gasteiger charge is -2.32. The molecule has 1 aliphatic heterocycles. The van der Waals surface area contributed by atoms with Crippen LogP contribution in [0.4, 0.5) is 11.4 Å². The van der Waals surface area contributed by atoms with Crippen LogP contribution in [0.2, 0.25) is 0 Å². The van der Waals surface area contributed by atoms with Crippen molar-refractivity contribution in [3.05, 3.63) is 96.6 Å². The van der Waals surface area contributed by atoms with E-state index in [1.54, 1.807) is 0 Å². The summed E-state index contributed by atoms with van der Waals surface area (Å²) in [5, 5.41) is 0. The van der Waals surface area contributed by atoms with E-state index in [4.69, 9.17) is 4.52 Å². The number of anilines is 2. The Morgan fingerprint density at radius 1 is 0.655 bits per heavy atom. The molecular formula is C25H27N2OP. The summed E-state index contributed by atoms with van der Waals surface area (Å²) in [5.41, 5.74) is 3.79. The molecule has 0 amide bonds. The van der Waals surface area contributed by atoms with E-state index < -0.39 is 8.45 Å². The topological polar surface area (TPSA) is 15.7 Å². The lowest BCUT2D eigenvalue weighted by molar-refractivity contribution is 0.340. The first-order valence-electron chi connectivity index (χ1n) is 10.6. The largest absolute Gasteiger partial charge is 0.318 e. The SMILES string of the molecule is c1ccc(COP2N(c3ccccc3)[C@@H]3CCCC[C@H]3N2c2ccccc2)cc1. The van der Waals surface area contributed by atoms with Crippen molar-refractivity contribution in [1.29, 1.82) is 0 Å². The van der Waals surface area contributed by atoms with Crippen LogP contribution in [0.15, 0.2) is 91.0 Å². The maximum Gasteiger partial charge on any atom is 0.249 e. The molecule has 0 N–H and O–H groups in total. The molecule has 3 nitrogen and oxygen atoms in total. The second-order valence-electron chi connectivity index (χ2n) is 7.79. The van der Waals surface area contributed by atoms with Crippen molar-refractivity contribution < 1.29 is 4.52 Å². The molecule has 4 heteroatoms. The molecule has 1 heterocycles. The van der Waals surface area contributed by atoms with Crippen LogP contribution >= 0.6 is 8.45 Å². The number of nitrogens with zero attached hydrogens (tertiary/aromatic N) is 2. The van der Waals surface area contributed by atoms with Gasteiger partial charge in [0.15, 0.2) is 0 Å². The molecule has 148 valence electrons. The van der Waals surface area contributed by atoms with Crippen LogP contribution in [-0.4, -0.2) is 12.1 Å². The number of hydrogen-bond acceptors (Lipinski definition) is 3. The maximum atomic E-state index is 6.73. The van der Waals surface area contributed by atoms with Gasteiger partial charge < -0.3 is 13.9 Å². The van der Waals surface area contributed by atoms with E-state index in [1.807, 2.05) is 0 Å². The van der Waals surface area contributed by atoms with Gasteiger partial charge in [-0.15, -0.1) is 0 Å². The van der Waals surface area contributed by atoms with Gasteiger partial charge in [0.2, 0.25) is 8.45 Å². The minimum absolute atomic E-state index is 0.508. The second-order valence-corrected chi connectivity index (χ2v) is 9.42. The molecule has 2 aliphatic rings. The van der Waals surface area contributed by atoms with Gasteiger partial charge in [0, 0.05) is 11.4 Å². The lowest BCUT2D eigenvalue weighted by Crippen LogP contribution is -2.40. The predicted octanol–water partition coefficient (Wildman–Crippen LogP) is 6.77. The molecule has 3 aromatic rings. The van der Waals surface area contributed by atoms with E-state index in [0.29, 0.717) is 18.7 Å². The fourth-order valence-electron chi connectivity index (χ4n) is 4.59. The highest BCUT2D eigenvalue weighted by Crippen LogP contribution is 2.61. The molecule has 3 aromatic carbocycles. The fraction of sp³-hybridized carbons (Fsp3) is 0.280. The van der Waals surface area contributed by atoms with Gasteiger partial charge in [-0.25, -0.2) is 0 Å². The molecule has 0 bridgehead atoms. The zero-order chi connectivity index (χ0) is 19.5. The van der Waals surface area contributed by atoms with Crippen molar-refractivity contribution in [2.24, 2.45) is 0 Å². The Balaban J connectivity index is 1.53. The average Bonchev–Trinajstić information content (AvgIpc) is 3.13. The number of fused-ring (bicyclic) bond motifs is 1. The van der Waals surface area contributed by atoms with Crippen molar-refractivity contribution in [2.75, 3.05) is 9.34 Å². The summed E-state index contributed by atoms with van der Waals surface area (Å²) < 4.78 is 11.9. The first-order valence-corrected chi connectivity index (χ1v) is 11.7. The molecule has 1 saturated carbocycles. The maximum absolute atomic E-state index is 6.73. The molecule has 0 unspecified atom stereocenters. The first-order chi connectivity index (χ1) is 14.4. The quantitative estimate of drug-likeness (QED) is 0.438. The molecule has 0 spiro atoms. The van der Waals surface area contributed by atoms with Crippen LogP contribution in [-0.2, 0) is 11.1 Å². The van der Waals surface area contributed by atoms with Gasteiger partial charge in [-0.05, 0) is 42.7 Å². The number of para-hydroxylation sites is 2. The highest BCUT2D eigenvalue weighted by Gasteiger charge is 2.49. The summed E-state index contributed by atoms with van der Waals surface area (Å²) in [4.78, 5) is 0. The fourth-order valence-corrected chi connectivity index (χ4v) is 7.02. The van der Waals surface area contributed by atoms with Gasteiger partial charge in [-0.1, -0.05) is 79.6 Å². The molecule has 0 aromatic heterocycles. The van der Waals surface area contributed by atoms with Crippen LogP contribution in [0.5, 0.6) is 0 Å². The Morgan fingerprint density at radius 2 is 1.10 bits per heavy atom. The molecule has 5 rings (SSSR count). The highest BCUT2D eigenvalue weighted by molar-refractivity contribution is 7.56. The third kappa shape index (κ3) is 3.77. The van der Waals surface area contributed by atoms with E-state index in [9.17, 15) is 0 Å².